The Morgan fingerprint density at radius 1 is 1.22 bits per heavy atom. The average molecular weight is 255 g/mol. The minimum Gasteiger partial charge on any atom is -0.329 e. The second kappa shape index (κ2) is 7.46. The monoisotopic (exact) mass is 255 g/mol. The molecular formula is C15H33N3. The van der Waals surface area contributed by atoms with Crippen molar-refractivity contribution in [3.05, 3.63) is 0 Å². The van der Waals surface area contributed by atoms with E-state index in [9.17, 15) is 0 Å². The van der Waals surface area contributed by atoms with Gasteiger partial charge in [-0.3, -0.25) is 4.90 Å². The first-order chi connectivity index (χ1) is 8.59. The molecule has 18 heavy (non-hydrogen) atoms. The van der Waals surface area contributed by atoms with Crippen molar-refractivity contribution in [1.29, 1.82) is 0 Å². The van der Waals surface area contributed by atoms with Crippen LogP contribution < -0.4 is 5.73 Å². The first kappa shape index (κ1) is 15.9. The van der Waals surface area contributed by atoms with Crippen LogP contribution in [0.4, 0.5) is 0 Å². The highest BCUT2D eigenvalue weighted by Crippen LogP contribution is 2.33. The maximum absolute atomic E-state index is 6.20. The largest absolute Gasteiger partial charge is 0.329 e. The van der Waals surface area contributed by atoms with Crippen LogP contribution >= 0.6 is 0 Å². The number of nitrogens with two attached hydrogens (primary N) is 1. The average Bonchev–Trinajstić information content (AvgIpc) is 2.76. The van der Waals surface area contributed by atoms with Gasteiger partial charge >= 0.3 is 0 Å². The molecule has 1 aliphatic rings. The Morgan fingerprint density at radius 2 is 1.83 bits per heavy atom. The van der Waals surface area contributed by atoms with Crippen LogP contribution in [0, 0.1) is 0 Å². The number of likely N-dealkylation sites (N-methyl/N-ethyl adjacent to an activating group) is 1. The fourth-order valence-corrected chi connectivity index (χ4v) is 3.74. The molecule has 2 N–H and O–H groups in total. The minimum atomic E-state index is 0.265. The number of hydrogen-bond donors (Lipinski definition) is 1. The molecule has 0 aromatic heterocycles. The van der Waals surface area contributed by atoms with Gasteiger partial charge in [-0.05, 0) is 46.3 Å². The quantitative estimate of drug-likeness (QED) is 0.722. The third kappa shape index (κ3) is 3.69. The van der Waals surface area contributed by atoms with Crippen LogP contribution in [0.25, 0.3) is 0 Å². The highest BCUT2D eigenvalue weighted by atomic mass is 15.3. The van der Waals surface area contributed by atoms with E-state index in [4.69, 9.17) is 5.73 Å². The predicted molar refractivity (Wildman–Crippen MR) is 79.9 cm³/mol. The normalized spacial score (nSPS) is 22.0. The summed E-state index contributed by atoms with van der Waals surface area (Å²) in [6.45, 7) is 7.82. The molecule has 0 amide bonds. The highest BCUT2D eigenvalue weighted by molar-refractivity contribution is 4.97. The second-order valence-corrected chi connectivity index (χ2v) is 6.18. The van der Waals surface area contributed by atoms with E-state index in [2.05, 4.69) is 37.7 Å². The van der Waals surface area contributed by atoms with Crippen LogP contribution in [0.15, 0.2) is 0 Å². The number of hydrogen-bond acceptors (Lipinski definition) is 3. The van der Waals surface area contributed by atoms with E-state index in [0.717, 1.165) is 6.54 Å². The molecule has 0 aromatic rings. The molecule has 3 nitrogen and oxygen atoms in total. The first-order valence-electron chi connectivity index (χ1n) is 7.71. The van der Waals surface area contributed by atoms with Gasteiger partial charge in [0.1, 0.15) is 0 Å². The van der Waals surface area contributed by atoms with E-state index in [0.29, 0.717) is 6.04 Å². The van der Waals surface area contributed by atoms with E-state index in [1.807, 2.05) is 0 Å². The van der Waals surface area contributed by atoms with Crippen LogP contribution in [0.2, 0.25) is 0 Å². The molecule has 0 spiro atoms. The number of likely N-dealkylation sites (tertiary alicyclic amines) is 1. The zero-order valence-electron chi connectivity index (χ0n) is 12.9. The van der Waals surface area contributed by atoms with E-state index >= 15 is 0 Å². The minimum absolute atomic E-state index is 0.265. The molecule has 1 heterocycles. The lowest BCUT2D eigenvalue weighted by molar-refractivity contribution is 0.0514. The van der Waals surface area contributed by atoms with Crippen molar-refractivity contribution in [3.8, 4) is 0 Å². The zero-order chi connectivity index (χ0) is 13.6. The van der Waals surface area contributed by atoms with Crippen molar-refractivity contribution in [2.75, 3.05) is 33.7 Å². The predicted octanol–water partition coefficient (Wildman–Crippen LogP) is 2.31. The van der Waals surface area contributed by atoms with Gasteiger partial charge < -0.3 is 10.6 Å². The summed E-state index contributed by atoms with van der Waals surface area (Å²) in [6.07, 6.45) is 7.66. The van der Waals surface area contributed by atoms with Crippen molar-refractivity contribution < 1.29 is 0 Å². The fourth-order valence-electron chi connectivity index (χ4n) is 3.74. The van der Waals surface area contributed by atoms with Gasteiger partial charge in [0.25, 0.3) is 0 Å². The van der Waals surface area contributed by atoms with Crippen LogP contribution in [-0.4, -0.2) is 55.1 Å². The Hall–Kier alpha value is -0.120. The molecule has 1 aliphatic heterocycles. The summed E-state index contributed by atoms with van der Waals surface area (Å²) in [5.74, 6) is 0. The summed E-state index contributed by atoms with van der Waals surface area (Å²) in [5, 5.41) is 0. The van der Waals surface area contributed by atoms with E-state index < -0.39 is 0 Å². The Kier molecular flexibility index (Phi) is 6.61. The topological polar surface area (TPSA) is 32.5 Å². The van der Waals surface area contributed by atoms with Crippen LogP contribution in [0.3, 0.4) is 0 Å². The molecule has 0 aliphatic carbocycles. The van der Waals surface area contributed by atoms with Crippen molar-refractivity contribution in [2.24, 2.45) is 5.73 Å². The Morgan fingerprint density at radius 3 is 2.28 bits per heavy atom. The maximum atomic E-state index is 6.20. The van der Waals surface area contributed by atoms with Crippen LogP contribution in [0.5, 0.6) is 0 Å². The molecule has 108 valence electrons. The summed E-state index contributed by atoms with van der Waals surface area (Å²) < 4.78 is 0. The molecule has 0 aromatic carbocycles. The van der Waals surface area contributed by atoms with Crippen LogP contribution in [0.1, 0.15) is 52.4 Å². The molecule has 1 atom stereocenters. The van der Waals surface area contributed by atoms with Gasteiger partial charge in [-0.2, -0.15) is 0 Å². The Balaban J connectivity index is 2.81. The van der Waals surface area contributed by atoms with E-state index in [-0.39, 0.29) is 5.54 Å². The third-order valence-corrected chi connectivity index (χ3v) is 4.37. The van der Waals surface area contributed by atoms with Gasteiger partial charge in [-0.15, -0.1) is 0 Å². The Bertz CT molecular complexity index is 222. The number of nitrogens with zero attached hydrogens (tertiary/aromatic N) is 2. The number of rotatable bonds is 8. The molecular weight excluding hydrogens is 222 g/mol. The van der Waals surface area contributed by atoms with Gasteiger partial charge in [0, 0.05) is 24.7 Å². The maximum Gasteiger partial charge on any atom is 0.0335 e. The molecule has 1 rings (SSSR count). The lowest BCUT2D eigenvalue weighted by Crippen LogP contribution is -2.57. The first-order valence-corrected chi connectivity index (χ1v) is 7.71. The summed E-state index contributed by atoms with van der Waals surface area (Å²) in [4.78, 5) is 5.07. The van der Waals surface area contributed by atoms with Gasteiger partial charge in [-0.1, -0.05) is 26.7 Å². The van der Waals surface area contributed by atoms with Gasteiger partial charge in [0.2, 0.25) is 0 Å². The molecule has 0 bridgehead atoms. The highest BCUT2D eigenvalue weighted by Gasteiger charge is 2.40. The molecule has 1 unspecified atom stereocenters. The fraction of sp³-hybridized carbons (Fsp3) is 1.00. The van der Waals surface area contributed by atoms with Crippen LogP contribution in [-0.2, 0) is 0 Å². The molecule has 0 radical (unpaired) electrons. The molecule has 1 saturated heterocycles. The molecule has 0 saturated carbocycles. The lowest BCUT2D eigenvalue weighted by atomic mass is 9.86. The third-order valence-electron chi connectivity index (χ3n) is 4.37. The van der Waals surface area contributed by atoms with E-state index in [1.54, 1.807) is 0 Å². The standard InChI is InChI=1S/C15H33N3/c1-5-9-15(13-16,10-6-2)18-11-7-8-14(18)12-17(3)4/h14H,5-13,16H2,1-4H3. The summed E-state index contributed by atoms with van der Waals surface area (Å²) >= 11 is 0. The van der Waals surface area contributed by atoms with Gasteiger partial charge in [0.15, 0.2) is 0 Å². The Labute approximate surface area is 114 Å². The second-order valence-electron chi connectivity index (χ2n) is 6.18. The summed E-state index contributed by atoms with van der Waals surface area (Å²) in [5.41, 5.74) is 6.46. The van der Waals surface area contributed by atoms with Gasteiger partial charge in [0.05, 0.1) is 0 Å². The summed E-state index contributed by atoms with van der Waals surface area (Å²) in [6, 6.07) is 0.710. The SMILES string of the molecule is CCCC(CN)(CCC)N1CCCC1CN(C)C. The zero-order valence-corrected chi connectivity index (χ0v) is 12.9. The molecule has 3 heteroatoms. The smallest absolute Gasteiger partial charge is 0.0335 e. The van der Waals surface area contributed by atoms with E-state index in [1.165, 1.54) is 51.6 Å². The van der Waals surface area contributed by atoms with Crippen molar-refractivity contribution in [1.82, 2.24) is 9.80 Å². The molecule has 1 fully saturated rings. The van der Waals surface area contributed by atoms with Crippen molar-refractivity contribution in [2.45, 2.75) is 64.0 Å². The summed E-state index contributed by atoms with van der Waals surface area (Å²) in [7, 11) is 4.36. The van der Waals surface area contributed by atoms with Gasteiger partial charge in [-0.25, -0.2) is 0 Å². The van der Waals surface area contributed by atoms with Crippen molar-refractivity contribution in [3.63, 3.8) is 0 Å². The van der Waals surface area contributed by atoms with Crippen molar-refractivity contribution >= 4 is 0 Å². The lowest BCUT2D eigenvalue weighted by Gasteiger charge is -2.45.